The van der Waals surface area contributed by atoms with Crippen LogP contribution in [-0.4, -0.2) is 30.8 Å². The third-order valence-corrected chi connectivity index (χ3v) is 12.0. The molecule has 10 heteroatoms. The SMILES string of the molecule is COC(=O)c1c(NC(=O)C(Sc2cccc(NC(=O)/C(=C\c3ccc(-c4ccccc4)cc3)NC(=O)c3ccccc3)c2)c2ccccc2)sc2c1CCCCC2. The van der Waals surface area contributed by atoms with Crippen molar-refractivity contribution in [1.82, 2.24) is 5.32 Å². The zero-order valence-electron chi connectivity index (χ0n) is 31.3. The van der Waals surface area contributed by atoms with Gasteiger partial charge in [-0.1, -0.05) is 116 Å². The molecule has 1 aliphatic rings. The number of thiophene rings is 1. The Labute approximate surface area is 340 Å². The molecule has 0 fully saturated rings. The molecule has 1 unspecified atom stereocenters. The fourth-order valence-electron chi connectivity index (χ4n) is 6.72. The van der Waals surface area contributed by atoms with E-state index in [1.54, 1.807) is 48.5 Å². The summed E-state index contributed by atoms with van der Waals surface area (Å²) < 4.78 is 5.17. The number of carbonyl (C=O) groups excluding carboxylic acids is 4. The second-order valence-electron chi connectivity index (χ2n) is 13.5. The van der Waals surface area contributed by atoms with Crippen molar-refractivity contribution < 1.29 is 23.9 Å². The van der Waals surface area contributed by atoms with Gasteiger partial charge < -0.3 is 20.7 Å². The highest BCUT2D eigenvalue weighted by Crippen LogP contribution is 2.41. The first-order chi connectivity index (χ1) is 27.9. The number of esters is 1. The zero-order valence-corrected chi connectivity index (χ0v) is 33.0. The van der Waals surface area contributed by atoms with Gasteiger partial charge in [-0.15, -0.1) is 23.1 Å². The van der Waals surface area contributed by atoms with Crippen LogP contribution in [0.2, 0.25) is 0 Å². The summed E-state index contributed by atoms with van der Waals surface area (Å²) in [5.41, 5.74) is 5.98. The fraction of sp³-hybridized carbons (Fsp3) is 0.149. The number of rotatable bonds is 12. The van der Waals surface area contributed by atoms with E-state index in [1.807, 2.05) is 97.1 Å². The van der Waals surface area contributed by atoms with Gasteiger partial charge in [-0.05, 0) is 89.9 Å². The van der Waals surface area contributed by atoms with Crippen LogP contribution in [0.15, 0.2) is 150 Å². The van der Waals surface area contributed by atoms with Crippen LogP contribution in [0.1, 0.15) is 66.8 Å². The van der Waals surface area contributed by atoms with Crippen molar-refractivity contribution in [2.75, 3.05) is 17.7 Å². The number of hydrogen-bond acceptors (Lipinski definition) is 7. The Balaban J connectivity index is 1.13. The van der Waals surface area contributed by atoms with E-state index in [0.29, 0.717) is 21.8 Å². The van der Waals surface area contributed by atoms with Gasteiger partial charge in [0.25, 0.3) is 11.8 Å². The molecule has 1 aromatic heterocycles. The van der Waals surface area contributed by atoms with Crippen molar-refractivity contribution >= 4 is 63.6 Å². The van der Waals surface area contributed by atoms with Gasteiger partial charge in [0.1, 0.15) is 15.9 Å². The van der Waals surface area contributed by atoms with E-state index in [-0.39, 0.29) is 11.6 Å². The van der Waals surface area contributed by atoms with E-state index < -0.39 is 23.0 Å². The van der Waals surface area contributed by atoms with Crippen LogP contribution in [0, 0.1) is 0 Å². The lowest BCUT2D eigenvalue weighted by Gasteiger charge is -2.18. The average Bonchev–Trinajstić information content (AvgIpc) is 3.42. The Morgan fingerprint density at radius 2 is 1.39 bits per heavy atom. The number of amides is 3. The highest BCUT2D eigenvalue weighted by Gasteiger charge is 2.29. The maximum absolute atomic E-state index is 14.2. The third kappa shape index (κ3) is 9.78. The summed E-state index contributed by atoms with van der Waals surface area (Å²) in [5, 5.41) is 8.67. The minimum atomic E-state index is -0.691. The van der Waals surface area contributed by atoms with Crippen LogP contribution >= 0.6 is 23.1 Å². The van der Waals surface area contributed by atoms with Crippen molar-refractivity contribution in [3.8, 4) is 11.1 Å². The molecule has 7 rings (SSSR count). The summed E-state index contributed by atoms with van der Waals surface area (Å²) >= 11 is 2.78. The zero-order chi connectivity index (χ0) is 39.6. The highest BCUT2D eigenvalue weighted by atomic mass is 32.2. The summed E-state index contributed by atoms with van der Waals surface area (Å²) in [6.45, 7) is 0. The number of benzene rings is 5. The average molecular weight is 792 g/mol. The van der Waals surface area contributed by atoms with Gasteiger partial charge in [0.2, 0.25) is 5.91 Å². The lowest BCUT2D eigenvalue weighted by Crippen LogP contribution is -2.30. The topological polar surface area (TPSA) is 114 Å². The van der Waals surface area contributed by atoms with Crippen molar-refractivity contribution in [3.05, 3.63) is 178 Å². The van der Waals surface area contributed by atoms with Crippen molar-refractivity contribution in [2.24, 2.45) is 0 Å². The molecular weight excluding hydrogens is 751 g/mol. The number of methoxy groups -OCH3 is 1. The molecule has 57 heavy (non-hydrogen) atoms. The number of aryl methyl sites for hydroxylation is 1. The van der Waals surface area contributed by atoms with Crippen LogP contribution in [0.3, 0.4) is 0 Å². The number of fused-ring (bicyclic) bond motifs is 1. The maximum atomic E-state index is 14.2. The molecule has 3 amide bonds. The lowest BCUT2D eigenvalue weighted by atomic mass is 10.0. The summed E-state index contributed by atoms with van der Waals surface area (Å²) in [5.74, 6) is -1.67. The third-order valence-electron chi connectivity index (χ3n) is 9.59. The minimum absolute atomic E-state index is 0.0617. The van der Waals surface area contributed by atoms with Gasteiger partial charge in [0.15, 0.2) is 0 Å². The molecule has 0 spiro atoms. The molecule has 6 aromatic rings. The molecule has 8 nitrogen and oxygen atoms in total. The molecule has 0 aliphatic heterocycles. The first-order valence-electron chi connectivity index (χ1n) is 18.8. The van der Waals surface area contributed by atoms with E-state index in [1.165, 1.54) is 30.2 Å². The van der Waals surface area contributed by atoms with Crippen LogP contribution in [-0.2, 0) is 27.2 Å². The maximum Gasteiger partial charge on any atom is 0.341 e. The molecular formula is C47H41N3O5S2. The van der Waals surface area contributed by atoms with Crippen LogP contribution in [0.4, 0.5) is 10.7 Å². The van der Waals surface area contributed by atoms with Gasteiger partial charge in [-0.2, -0.15) is 0 Å². The molecule has 0 bridgehead atoms. The number of hydrogen-bond donors (Lipinski definition) is 3. The van der Waals surface area contributed by atoms with Crippen LogP contribution in [0.5, 0.6) is 0 Å². The summed E-state index contributed by atoms with van der Waals surface area (Å²) in [6.07, 6.45) is 6.40. The van der Waals surface area contributed by atoms with Gasteiger partial charge in [0.05, 0.1) is 12.7 Å². The predicted octanol–water partition coefficient (Wildman–Crippen LogP) is 10.4. The van der Waals surface area contributed by atoms with Crippen molar-refractivity contribution in [1.29, 1.82) is 0 Å². The summed E-state index contributed by atoms with van der Waals surface area (Å²) in [4.78, 5) is 56.3. The number of carbonyl (C=O) groups is 4. The number of nitrogens with one attached hydrogen (secondary N) is 3. The first kappa shape index (κ1) is 39.0. The van der Waals surface area contributed by atoms with Crippen LogP contribution in [0.25, 0.3) is 17.2 Å². The van der Waals surface area contributed by atoms with Crippen molar-refractivity contribution in [3.63, 3.8) is 0 Å². The van der Waals surface area contributed by atoms with Gasteiger partial charge in [-0.3, -0.25) is 14.4 Å². The molecule has 3 N–H and O–H groups in total. The highest BCUT2D eigenvalue weighted by molar-refractivity contribution is 8.00. The van der Waals surface area contributed by atoms with Gasteiger partial charge >= 0.3 is 5.97 Å². The van der Waals surface area contributed by atoms with E-state index in [2.05, 4.69) is 16.0 Å². The molecule has 1 heterocycles. The Morgan fingerprint density at radius 3 is 2.11 bits per heavy atom. The molecule has 286 valence electrons. The normalized spacial score (nSPS) is 13.0. The molecule has 5 aromatic carbocycles. The first-order valence-corrected chi connectivity index (χ1v) is 20.5. The van der Waals surface area contributed by atoms with E-state index in [9.17, 15) is 19.2 Å². The Kier molecular flexibility index (Phi) is 12.7. The Hall–Kier alpha value is -6.23. The molecule has 0 saturated carbocycles. The Bertz CT molecular complexity index is 2400. The van der Waals surface area contributed by atoms with Gasteiger partial charge in [-0.25, -0.2) is 4.79 Å². The molecule has 1 atom stereocenters. The molecule has 0 saturated heterocycles. The number of thioether (sulfide) groups is 1. The summed E-state index contributed by atoms with van der Waals surface area (Å²) in [6, 6.07) is 43.1. The quantitative estimate of drug-likeness (QED) is 0.0492. The Morgan fingerprint density at radius 1 is 0.719 bits per heavy atom. The fourth-order valence-corrected chi connectivity index (χ4v) is 9.08. The second-order valence-corrected chi connectivity index (χ2v) is 15.8. The lowest BCUT2D eigenvalue weighted by molar-refractivity contribution is -0.116. The molecule has 1 aliphatic carbocycles. The van der Waals surface area contributed by atoms with E-state index >= 15 is 0 Å². The number of ether oxygens (including phenoxy) is 1. The van der Waals surface area contributed by atoms with Crippen LogP contribution < -0.4 is 16.0 Å². The monoisotopic (exact) mass is 791 g/mol. The number of anilines is 2. The summed E-state index contributed by atoms with van der Waals surface area (Å²) in [7, 11) is 1.36. The predicted molar refractivity (Wildman–Crippen MR) is 229 cm³/mol. The molecule has 0 radical (unpaired) electrons. The van der Waals surface area contributed by atoms with E-state index in [4.69, 9.17) is 4.74 Å². The minimum Gasteiger partial charge on any atom is -0.465 e. The smallest absolute Gasteiger partial charge is 0.341 e. The largest absolute Gasteiger partial charge is 0.465 e. The van der Waals surface area contributed by atoms with E-state index in [0.717, 1.165) is 69.7 Å². The van der Waals surface area contributed by atoms with Gasteiger partial charge in [0, 0.05) is 21.0 Å². The second kappa shape index (κ2) is 18.6. The standard InChI is InChI=1S/C47H41N3O5S2/c1-55-47(54)41-38-23-12-5-13-24-40(38)57-46(41)50-45(53)42(34-17-8-3-9-18-34)56-37-22-14-21-36(30-37)48-44(52)39(49-43(51)35-19-10-4-11-20-35)29-31-25-27-33(28-26-31)32-15-6-2-7-16-32/h2-4,6-11,14-22,25-30,42H,5,12-13,23-24H2,1H3,(H,48,52)(H,49,51)(H,50,53)/b39-29+. The van der Waals surface area contributed by atoms with Crippen molar-refractivity contribution in [2.45, 2.75) is 42.2 Å².